The molecule has 0 bridgehead atoms. The summed E-state index contributed by atoms with van der Waals surface area (Å²) in [5.41, 5.74) is 7.10. The molecule has 1 aromatic heterocycles. The smallest absolute Gasteiger partial charge is 0.201 e. The first kappa shape index (κ1) is 14.3. The molecule has 0 saturated carbocycles. The van der Waals surface area contributed by atoms with Crippen LogP contribution in [0.2, 0.25) is 0 Å². The molecule has 1 saturated heterocycles. The molecule has 1 fully saturated rings. The highest BCUT2D eigenvalue weighted by atomic mass is 15.5. The molecule has 1 aliphatic heterocycles. The lowest BCUT2D eigenvalue weighted by molar-refractivity contribution is 0.331. The third-order valence-corrected chi connectivity index (χ3v) is 2.92. The van der Waals surface area contributed by atoms with Crippen molar-refractivity contribution in [2.75, 3.05) is 6.54 Å². The fourth-order valence-corrected chi connectivity index (χ4v) is 1.77. The molecule has 0 aliphatic carbocycles. The fourth-order valence-electron chi connectivity index (χ4n) is 1.77. The minimum absolute atomic E-state index is 0.482. The summed E-state index contributed by atoms with van der Waals surface area (Å²) in [6.07, 6.45) is 2.45. The first-order chi connectivity index (χ1) is 9.65. The lowest BCUT2D eigenvalue weighted by Crippen LogP contribution is -2.75. The summed E-state index contributed by atoms with van der Waals surface area (Å²) >= 11 is 0. The van der Waals surface area contributed by atoms with Crippen LogP contribution in [0.15, 0.2) is 34.4 Å². The van der Waals surface area contributed by atoms with Crippen molar-refractivity contribution in [2.45, 2.75) is 32.6 Å². The molecule has 2 rings (SSSR count). The highest BCUT2D eigenvalue weighted by Crippen LogP contribution is 2.02. The molecule has 0 amide bonds. The molecule has 7 heteroatoms. The molecule has 1 unspecified atom stereocenters. The van der Waals surface area contributed by atoms with E-state index in [2.05, 4.69) is 30.9 Å². The highest BCUT2D eigenvalue weighted by Gasteiger charge is 2.30. The molecule has 5 N–H and O–H groups in total. The molecular weight excluding hydrogens is 254 g/mol. The quantitative estimate of drug-likeness (QED) is 0.625. The Kier molecular flexibility index (Phi) is 4.52. The van der Waals surface area contributed by atoms with Crippen molar-refractivity contribution in [3.05, 3.63) is 30.1 Å². The van der Waals surface area contributed by atoms with Crippen LogP contribution in [0.1, 0.15) is 26.0 Å². The molecule has 1 atom stereocenters. The Morgan fingerprint density at radius 3 is 2.55 bits per heavy atom. The SMILES string of the molecule is CCN=C1NC(=NCc2ccccn2)NC(N)(CC)N1. The predicted octanol–water partition coefficient (Wildman–Crippen LogP) is 0.118. The molecule has 108 valence electrons. The Balaban J connectivity index is 2.11. The summed E-state index contributed by atoms with van der Waals surface area (Å²) in [5, 5.41) is 9.34. The maximum atomic E-state index is 6.20. The Morgan fingerprint density at radius 1 is 1.20 bits per heavy atom. The molecule has 2 heterocycles. The van der Waals surface area contributed by atoms with E-state index in [0.717, 1.165) is 5.69 Å². The van der Waals surface area contributed by atoms with Crippen LogP contribution in [0.25, 0.3) is 0 Å². The number of aliphatic imine (C=N–C) groups is 2. The molecular formula is C13H21N7. The minimum atomic E-state index is -0.734. The average molecular weight is 275 g/mol. The van der Waals surface area contributed by atoms with E-state index in [1.165, 1.54) is 0 Å². The first-order valence-corrected chi connectivity index (χ1v) is 6.76. The lowest BCUT2D eigenvalue weighted by atomic mass is 10.2. The van der Waals surface area contributed by atoms with E-state index < -0.39 is 5.79 Å². The van der Waals surface area contributed by atoms with E-state index >= 15 is 0 Å². The van der Waals surface area contributed by atoms with Gasteiger partial charge in [0.25, 0.3) is 0 Å². The summed E-state index contributed by atoms with van der Waals surface area (Å²) in [6.45, 7) is 5.11. The standard InChI is InChI=1S/C13H21N7/c1-3-13(14)19-11(15-4-2)18-12(20-13)17-9-10-7-5-6-8-16-10/h5-8H,3-4,9,14H2,1-2H3,(H3,15,17,18,19,20). The van der Waals surface area contributed by atoms with Crippen molar-refractivity contribution in [1.82, 2.24) is 20.9 Å². The van der Waals surface area contributed by atoms with Crippen LogP contribution in [0.4, 0.5) is 0 Å². The summed E-state index contributed by atoms with van der Waals surface area (Å²) in [7, 11) is 0. The van der Waals surface area contributed by atoms with E-state index in [1.54, 1.807) is 6.20 Å². The minimum Gasteiger partial charge on any atom is -0.321 e. The Labute approximate surface area is 118 Å². The zero-order valence-electron chi connectivity index (χ0n) is 11.8. The molecule has 20 heavy (non-hydrogen) atoms. The van der Waals surface area contributed by atoms with E-state index in [0.29, 0.717) is 31.4 Å². The van der Waals surface area contributed by atoms with Crippen molar-refractivity contribution < 1.29 is 0 Å². The summed E-state index contributed by atoms with van der Waals surface area (Å²) < 4.78 is 0. The van der Waals surface area contributed by atoms with Gasteiger partial charge in [0.15, 0.2) is 5.79 Å². The molecule has 1 aromatic rings. The van der Waals surface area contributed by atoms with Gasteiger partial charge in [0.05, 0.1) is 12.2 Å². The normalized spacial score (nSPS) is 25.9. The first-order valence-electron chi connectivity index (χ1n) is 6.76. The van der Waals surface area contributed by atoms with E-state index in [4.69, 9.17) is 5.73 Å². The van der Waals surface area contributed by atoms with Crippen LogP contribution >= 0.6 is 0 Å². The van der Waals surface area contributed by atoms with Crippen molar-refractivity contribution in [2.24, 2.45) is 15.7 Å². The Morgan fingerprint density at radius 2 is 1.95 bits per heavy atom. The van der Waals surface area contributed by atoms with Crippen molar-refractivity contribution in [1.29, 1.82) is 0 Å². The zero-order chi connectivity index (χ0) is 14.4. The van der Waals surface area contributed by atoms with Crippen molar-refractivity contribution in [3.63, 3.8) is 0 Å². The summed E-state index contributed by atoms with van der Waals surface area (Å²) in [6, 6.07) is 5.75. The fraction of sp³-hybridized carbons (Fsp3) is 0.462. The van der Waals surface area contributed by atoms with Crippen molar-refractivity contribution in [3.8, 4) is 0 Å². The molecule has 0 spiro atoms. The van der Waals surface area contributed by atoms with Gasteiger partial charge in [0.2, 0.25) is 11.9 Å². The van der Waals surface area contributed by atoms with Gasteiger partial charge < -0.3 is 10.6 Å². The van der Waals surface area contributed by atoms with E-state index in [-0.39, 0.29) is 0 Å². The van der Waals surface area contributed by atoms with Gasteiger partial charge in [0, 0.05) is 19.2 Å². The van der Waals surface area contributed by atoms with Crippen LogP contribution in [-0.2, 0) is 6.54 Å². The number of nitrogens with zero attached hydrogens (tertiary/aromatic N) is 3. The number of hydrogen-bond donors (Lipinski definition) is 4. The number of guanidine groups is 2. The molecule has 0 radical (unpaired) electrons. The highest BCUT2D eigenvalue weighted by molar-refractivity contribution is 6.01. The Bertz CT molecular complexity index is 497. The van der Waals surface area contributed by atoms with E-state index in [1.807, 2.05) is 32.0 Å². The van der Waals surface area contributed by atoms with Gasteiger partial charge in [0.1, 0.15) is 0 Å². The zero-order valence-corrected chi connectivity index (χ0v) is 11.8. The van der Waals surface area contributed by atoms with Crippen LogP contribution < -0.4 is 21.7 Å². The van der Waals surface area contributed by atoms with Crippen LogP contribution in [0.5, 0.6) is 0 Å². The molecule has 7 nitrogen and oxygen atoms in total. The number of pyridine rings is 1. The van der Waals surface area contributed by atoms with Gasteiger partial charge in [-0.3, -0.25) is 21.0 Å². The average Bonchev–Trinajstić information content (AvgIpc) is 2.46. The predicted molar refractivity (Wildman–Crippen MR) is 80.0 cm³/mol. The van der Waals surface area contributed by atoms with Gasteiger partial charge in [-0.15, -0.1) is 0 Å². The third-order valence-electron chi connectivity index (χ3n) is 2.92. The number of nitrogens with two attached hydrogens (primary N) is 1. The van der Waals surface area contributed by atoms with Crippen LogP contribution in [0.3, 0.4) is 0 Å². The molecule has 1 aliphatic rings. The maximum Gasteiger partial charge on any atom is 0.201 e. The van der Waals surface area contributed by atoms with Crippen LogP contribution in [-0.4, -0.2) is 29.2 Å². The number of rotatable bonds is 4. The lowest BCUT2D eigenvalue weighted by Gasteiger charge is -2.38. The van der Waals surface area contributed by atoms with Gasteiger partial charge >= 0.3 is 0 Å². The van der Waals surface area contributed by atoms with Gasteiger partial charge in [-0.05, 0) is 19.1 Å². The Hall–Kier alpha value is -2.15. The van der Waals surface area contributed by atoms with Gasteiger partial charge in [-0.1, -0.05) is 13.0 Å². The summed E-state index contributed by atoms with van der Waals surface area (Å²) in [4.78, 5) is 13.0. The second-order valence-electron chi connectivity index (χ2n) is 4.51. The number of hydrogen-bond acceptors (Lipinski definition) is 4. The van der Waals surface area contributed by atoms with Crippen LogP contribution in [0, 0.1) is 0 Å². The monoisotopic (exact) mass is 275 g/mol. The van der Waals surface area contributed by atoms with E-state index in [9.17, 15) is 0 Å². The third kappa shape index (κ3) is 3.67. The molecule has 0 aromatic carbocycles. The largest absolute Gasteiger partial charge is 0.321 e. The second-order valence-corrected chi connectivity index (χ2v) is 4.51. The number of nitrogens with one attached hydrogen (secondary N) is 3. The van der Waals surface area contributed by atoms with Gasteiger partial charge in [-0.25, -0.2) is 4.99 Å². The second kappa shape index (κ2) is 6.33. The number of aromatic nitrogens is 1. The van der Waals surface area contributed by atoms with Gasteiger partial charge in [-0.2, -0.15) is 0 Å². The van der Waals surface area contributed by atoms with Crippen molar-refractivity contribution >= 4 is 11.9 Å². The maximum absolute atomic E-state index is 6.20. The summed E-state index contributed by atoms with van der Waals surface area (Å²) in [5.74, 6) is 0.503. The topological polar surface area (TPSA) is 99.7 Å².